The summed E-state index contributed by atoms with van der Waals surface area (Å²) in [5.41, 5.74) is -0.0736. The van der Waals surface area contributed by atoms with Crippen molar-refractivity contribution in [3.05, 3.63) is 55.7 Å². The first-order valence-corrected chi connectivity index (χ1v) is 8.08. The van der Waals surface area contributed by atoms with E-state index in [1.54, 1.807) is 17.0 Å². The van der Waals surface area contributed by atoms with E-state index in [9.17, 15) is 14.9 Å². The Kier molecular flexibility index (Phi) is 5.95. The molecule has 122 valence electrons. The van der Waals surface area contributed by atoms with Crippen LogP contribution in [0.1, 0.15) is 11.8 Å². The van der Waals surface area contributed by atoms with E-state index in [4.69, 9.17) is 16.3 Å². The zero-order chi connectivity index (χ0) is 16.8. The number of nitro groups is 1. The Balaban J connectivity index is 1.94. The average molecular weight is 355 g/mol. The Morgan fingerprint density at radius 2 is 2.17 bits per heavy atom. The molecule has 0 aliphatic heterocycles. The maximum Gasteiger partial charge on any atom is 0.273 e. The van der Waals surface area contributed by atoms with E-state index in [0.29, 0.717) is 23.2 Å². The highest BCUT2D eigenvalue weighted by Crippen LogP contribution is 2.23. The summed E-state index contributed by atoms with van der Waals surface area (Å²) < 4.78 is 6.04. The van der Waals surface area contributed by atoms with Crippen molar-refractivity contribution in [1.29, 1.82) is 0 Å². The van der Waals surface area contributed by atoms with Gasteiger partial charge in [0.15, 0.2) is 6.61 Å². The second kappa shape index (κ2) is 7.94. The van der Waals surface area contributed by atoms with Gasteiger partial charge >= 0.3 is 0 Å². The maximum atomic E-state index is 12.2. The molecule has 0 fully saturated rings. The number of ether oxygens (including phenoxy) is 1. The maximum absolute atomic E-state index is 12.2. The minimum atomic E-state index is -0.506. The zero-order valence-electron chi connectivity index (χ0n) is 12.4. The minimum absolute atomic E-state index is 0.0736. The Bertz CT molecular complexity index is 704. The number of non-ortho nitro benzene ring substituents is 1. The summed E-state index contributed by atoms with van der Waals surface area (Å²) in [6, 6.07) is 9.43. The van der Waals surface area contributed by atoms with E-state index in [1.165, 1.54) is 29.5 Å². The van der Waals surface area contributed by atoms with Crippen molar-refractivity contribution in [2.45, 2.75) is 13.5 Å². The molecule has 0 saturated heterocycles. The van der Waals surface area contributed by atoms with Crippen LogP contribution in [0.3, 0.4) is 0 Å². The van der Waals surface area contributed by atoms with Gasteiger partial charge in [0.1, 0.15) is 5.75 Å². The van der Waals surface area contributed by atoms with Gasteiger partial charge in [0.05, 0.1) is 21.9 Å². The van der Waals surface area contributed by atoms with E-state index in [0.717, 1.165) is 4.88 Å². The van der Waals surface area contributed by atoms with Gasteiger partial charge in [0, 0.05) is 17.5 Å². The van der Waals surface area contributed by atoms with Gasteiger partial charge in [0.2, 0.25) is 0 Å². The predicted octanol–water partition coefficient (Wildman–Crippen LogP) is 3.74. The van der Waals surface area contributed by atoms with Crippen LogP contribution in [0.2, 0.25) is 4.34 Å². The van der Waals surface area contributed by atoms with Crippen molar-refractivity contribution in [2.24, 2.45) is 0 Å². The highest BCUT2D eigenvalue weighted by molar-refractivity contribution is 7.16. The lowest BCUT2D eigenvalue weighted by atomic mass is 10.3. The van der Waals surface area contributed by atoms with Crippen LogP contribution in [-0.4, -0.2) is 28.9 Å². The molecular formula is C15H15ClN2O4S. The molecule has 0 aliphatic carbocycles. The molecule has 8 heteroatoms. The number of benzene rings is 1. The van der Waals surface area contributed by atoms with E-state index in [-0.39, 0.29) is 18.2 Å². The molecule has 1 aromatic carbocycles. The molecule has 2 rings (SSSR count). The number of likely N-dealkylation sites (N-methyl/N-ethyl adjacent to an activating group) is 1. The summed E-state index contributed by atoms with van der Waals surface area (Å²) in [5.74, 6) is 0.103. The molecule has 0 unspecified atom stereocenters. The lowest BCUT2D eigenvalue weighted by Crippen LogP contribution is -2.34. The van der Waals surface area contributed by atoms with Crippen molar-refractivity contribution in [2.75, 3.05) is 13.2 Å². The third kappa shape index (κ3) is 4.94. The highest BCUT2D eigenvalue weighted by atomic mass is 35.5. The molecule has 6 nitrogen and oxygen atoms in total. The highest BCUT2D eigenvalue weighted by Gasteiger charge is 2.15. The van der Waals surface area contributed by atoms with E-state index in [1.807, 2.05) is 13.0 Å². The lowest BCUT2D eigenvalue weighted by molar-refractivity contribution is -0.384. The number of nitro benzene ring substituents is 1. The normalized spacial score (nSPS) is 10.3. The van der Waals surface area contributed by atoms with Crippen LogP contribution < -0.4 is 4.74 Å². The van der Waals surface area contributed by atoms with Crippen molar-refractivity contribution in [1.82, 2.24) is 4.90 Å². The van der Waals surface area contributed by atoms with Gasteiger partial charge in [-0.15, -0.1) is 11.3 Å². The average Bonchev–Trinajstić information content (AvgIpc) is 2.95. The summed E-state index contributed by atoms with van der Waals surface area (Å²) in [4.78, 5) is 25.1. The Hall–Kier alpha value is -2.12. The topological polar surface area (TPSA) is 72.7 Å². The third-order valence-corrected chi connectivity index (χ3v) is 4.32. The number of carbonyl (C=O) groups is 1. The Morgan fingerprint density at radius 3 is 2.78 bits per heavy atom. The first-order valence-electron chi connectivity index (χ1n) is 6.89. The summed E-state index contributed by atoms with van der Waals surface area (Å²) in [7, 11) is 0. The van der Waals surface area contributed by atoms with Crippen molar-refractivity contribution >= 4 is 34.5 Å². The second-order valence-electron chi connectivity index (χ2n) is 4.66. The SMILES string of the molecule is CCN(Cc1ccc(Cl)s1)C(=O)COc1cccc([N+](=O)[O-])c1. The standard InChI is InChI=1S/C15H15ClN2O4S/c1-2-17(9-13-6-7-14(16)23-13)15(19)10-22-12-5-3-4-11(8-12)18(20)21/h3-8H,2,9-10H2,1H3. The van der Waals surface area contributed by atoms with Crippen molar-refractivity contribution < 1.29 is 14.5 Å². The van der Waals surface area contributed by atoms with Crippen LogP contribution in [0.4, 0.5) is 5.69 Å². The van der Waals surface area contributed by atoms with Gasteiger partial charge in [-0.05, 0) is 25.1 Å². The largest absolute Gasteiger partial charge is 0.484 e. The van der Waals surface area contributed by atoms with E-state index < -0.39 is 4.92 Å². The number of nitrogens with zero attached hydrogens (tertiary/aromatic N) is 2. The van der Waals surface area contributed by atoms with Crippen LogP contribution in [0, 0.1) is 10.1 Å². The molecule has 0 spiro atoms. The number of hydrogen-bond donors (Lipinski definition) is 0. The first-order chi connectivity index (χ1) is 11.0. The van der Waals surface area contributed by atoms with Crippen molar-refractivity contribution in [3.63, 3.8) is 0 Å². The lowest BCUT2D eigenvalue weighted by Gasteiger charge is -2.20. The van der Waals surface area contributed by atoms with Crippen LogP contribution in [0.25, 0.3) is 0 Å². The molecule has 0 saturated carbocycles. The molecule has 0 bridgehead atoms. The number of rotatable bonds is 7. The van der Waals surface area contributed by atoms with Gasteiger partial charge in [-0.3, -0.25) is 14.9 Å². The molecule has 0 atom stereocenters. The number of carbonyl (C=O) groups excluding carboxylic acids is 1. The van der Waals surface area contributed by atoms with Crippen LogP contribution in [0.5, 0.6) is 5.75 Å². The fourth-order valence-corrected chi connectivity index (χ4v) is 3.03. The van der Waals surface area contributed by atoms with Crippen molar-refractivity contribution in [3.8, 4) is 5.75 Å². The predicted molar refractivity (Wildman–Crippen MR) is 89.0 cm³/mol. The van der Waals surface area contributed by atoms with Gasteiger partial charge < -0.3 is 9.64 Å². The summed E-state index contributed by atoms with van der Waals surface area (Å²) in [6.45, 7) is 2.70. The molecule has 2 aromatic rings. The molecule has 23 heavy (non-hydrogen) atoms. The first kappa shape index (κ1) is 17.2. The summed E-state index contributed by atoms with van der Waals surface area (Å²) in [6.07, 6.45) is 0. The monoisotopic (exact) mass is 354 g/mol. The molecular weight excluding hydrogens is 340 g/mol. The van der Waals surface area contributed by atoms with Gasteiger partial charge in [-0.2, -0.15) is 0 Å². The number of thiophene rings is 1. The molecule has 1 amide bonds. The number of hydrogen-bond acceptors (Lipinski definition) is 5. The van der Waals surface area contributed by atoms with Gasteiger partial charge in [-0.1, -0.05) is 17.7 Å². The van der Waals surface area contributed by atoms with E-state index >= 15 is 0 Å². The fraction of sp³-hybridized carbons (Fsp3) is 0.267. The molecule has 1 aromatic heterocycles. The van der Waals surface area contributed by atoms with Crippen LogP contribution in [-0.2, 0) is 11.3 Å². The second-order valence-corrected chi connectivity index (χ2v) is 6.46. The Morgan fingerprint density at radius 1 is 1.39 bits per heavy atom. The minimum Gasteiger partial charge on any atom is -0.484 e. The van der Waals surface area contributed by atoms with E-state index in [2.05, 4.69) is 0 Å². The van der Waals surface area contributed by atoms with Gasteiger partial charge in [-0.25, -0.2) is 0 Å². The summed E-state index contributed by atoms with van der Waals surface area (Å²) >= 11 is 7.31. The smallest absolute Gasteiger partial charge is 0.273 e. The van der Waals surface area contributed by atoms with Crippen LogP contribution in [0.15, 0.2) is 36.4 Å². The molecule has 1 heterocycles. The fourth-order valence-electron chi connectivity index (χ4n) is 1.92. The third-order valence-electron chi connectivity index (χ3n) is 3.10. The number of amides is 1. The van der Waals surface area contributed by atoms with Gasteiger partial charge in [0.25, 0.3) is 11.6 Å². The molecule has 0 aliphatic rings. The molecule has 0 radical (unpaired) electrons. The zero-order valence-corrected chi connectivity index (χ0v) is 14.0. The molecule has 0 N–H and O–H groups in total. The Labute approximate surface area is 142 Å². The quantitative estimate of drug-likeness (QED) is 0.561. The number of halogens is 1. The van der Waals surface area contributed by atoms with Crippen LogP contribution >= 0.6 is 22.9 Å². The summed E-state index contributed by atoms with van der Waals surface area (Å²) in [5, 5.41) is 10.7.